The molecule has 0 saturated heterocycles. The molecule has 0 saturated carbocycles. The number of aromatic hydroxyl groups is 1. The topological polar surface area (TPSA) is 50.2 Å². The highest BCUT2D eigenvalue weighted by atomic mass is 35.5. The highest BCUT2D eigenvalue weighted by Crippen LogP contribution is 2.27. The molecule has 0 bridgehead atoms. The summed E-state index contributed by atoms with van der Waals surface area (Å²) in [7, 11) is 0. The van der Waals surface area contributed by atoms with Crippen molar-refractivity contribution in [2.24, 2.45) is 0 Å². The smallest absolute Gasteiger partial charge is 0.189 e. The van der Waals surface area contributed by atoms with Crippen LogP contribution in [0.3, 0.4) is 0 Å². The van der Waals surface area contributed by atoms with Crippen molar-refractivity contribution in [3.63, 3.8) is 0 Å². The van der Waals surface area contributed by atoms with Gasteiger partial charge >= 0.3 is 0 Å². The second kappa shape index (κ2) is 5.47. The van der Waals surface area contributed by atoms with Crippen LogP contribution in [0.5, 0.6) is 5.75 Å². The maximum atomic E-state index is 11.9. The average Bonchev–Trinajstić information content (AvgIpc) is 2.40. The van der Waals surface area contributed by atoms with E-state index in [2.05, 4.69) is 4.98 Å². The van der Waals surface area contributed by atoms with E-state index in [1.54, 1.807) is 30.5 Å². The lowest BCUT2D eigenvalue weighted by Gasteiger charge is -2.01. The van der Waals surface area contributed by atoms with Crippen molar-refractivity contribution in [3.8, 4) is 5.75 Å². The zero-order chi connectivity index (χ0) is 13.0. The Labute approximate surface area is 109 Å². The van der Waals surface area contributed by atoms with Crippen molar-refractivity contribution in [3.05, 3.63) is 65.0 Å². The van der Waals surface area contributed by atoms with Gasteiger partial charge in [0, 0.05) is 6.20 Å². The van der Waals surface area contributed by atoms with Crippen LogP contribution < -0.4 is 0 Å². The van der Waals surface area contributed by atoms with E-state index in [0.29, 0.717) is 5.69 Å². The largest absolute Gasteiger partial charge is 0.506 e. The van der Waals surface area contributed by atoms with E-state index < -0.39 is 0 Å². The van der Waals surface area contributed by atoms with Crippen LogP contribution in [-0.4, -0.2) is 15.9 Å². The number of ketones is 1. The van der Waals surface area contributed by atoms with Crippen molar-refractivity contribution in [2.45, 2.75) is 0 Å². The summed E-state index contributed by atoms with van der Waals surface area (Å²) in [6.45, 7) is 0. The first-order valence-electron chi connectivity index (χ1n) is 5.29. The molecule has 0 atom stereocenters. The lowest BCUT2D eigenvalue weighted by molar-refractivity contribution is 0.104. The molecule has 2 aromatic rings. The van der Waals surface area contributed by atoms with Gasteiger partial charge in [0.05, 0.1) is 16.3 Å². The van der Waals surface area contributed by atoms with E-state index in [1.807, 2.05) is 6.07 Å². The highest BCUT2D eigenvalue weighted by molar-refractivity contribution is 6.32. The van der Waals surface area contributed by atoms with Crippen LogP contribution in [0.4, 0.5) is 0 Å². The number of rotatable bonds is 3. The molecule has 0 fully saturated rings. The van der Waals surface area contributed by atoms with E-state index >= 15 is 0 Å². The van der Waals surface area contributed by atoms with Crippen molar-refractivity contribution < 1.29 is 9.90 Å². The summed E-state index contributed by atoms with van der Waals surface area (Å²) < 4.78 is 0. The van der Waals surface area contributed by atoms with Crippen LogP contribution in [0, 0.1) is 0 Å². The normalized spacial score (nSPS) is 10.7. The summed E-state index contributed by atoms with van der Waals surface area (Å²) in [4.78, 5) is 15.9. The predicted molar refractivity (Wildman–Crippen MR) is 70.7 cm³/mol. The van der Waals surface area contributed by atoms with Gasteiger partial charge in [0.2, 0.25) is 0 Å². The number of phenolic OH excluding ortho intramolecular Hbond substituents is 1. The van der Waals surface area contributed by atoms with Gasteiger partial charge in [-0.25, -0.2) is 0 Å². The van der Waals surface area contributed by atoms with Gasteiger partial charge in [-0.05, 0) is 36.4 Å². The number of hydrogen-bond acceptors (Lipinski definition) is 3. The first-order valence-corrected chi connectivity index (χ1v) is 5.67. The summed E-state index contributed by atoms with van der Waals surface area (Å²) in [6.07, 6.45) is 4.58. The van der Waals surface area contributed by atoms with Gasteiger partial charge in [0.25, 0.3) is 0 Å². The molecule has 90 valence electrons. The molecule has 0 unspecified atom stereocenters. The van der Waals surface area contributed by atoms with Crippen molar-refractivity contribution in [1.82, 2.24) is 4.98 Å². The standard InChI is InChI=1S/C14H10ClNO2/c15-12-6-3-5-11(14(12)18)13(17)8-7-10-4-1-2-9-16-10/h1-9,18H. The molecular weight excluding hydrogens is 250 g/mol. The van der Waals surface area contributed by atoms with Gasteiger partial charge in [-0.2, -0.15) is 0 Å². The third-order valence-electron chi connectivity index (χ3n) is 2.35. The first kappa shape index (κ1) is 12.3. The molecule has 0 aliphatic rings. The van der Waals surface area contributed by atoms with E-state index in [-0.39, 0.29) is 22.1 Å². The van der Waals surface area contributed by atoms with E-state index in [1.165, 1.54) is 18.2 Å². The molecule has 4 heteroatoms. The Bertz CT molecular complexity index is 594. The Morgan fingerprint density at radius 3 is 2.78 bits per heavy atom. The Balaban J connectivity index is 2.23. The molecule has 1 N–H and O–H groups in total. The number of pyridine rings is 1. The van der Waals surface area contributed by atoms with Crippen LogP contribution in [0.15, 0.2) is 48.7 Å². The third kappa shape index (κ3) is 2.76. The molecule has 0 aliphatic carbocycles. The fourth-order valence-electron chi connectivity index (χ4n) is 1.44. The van der Waals surface area contributed by atoms with Gasteiger partial charge in [-0.3, -0.25) is 9.78 Å². The van der Waals surface area contributed by atoms with Crippen LogP contribution in [-0.2, 0) is 0 Å². The fraction of sp³-hybridized carbons (Fsp3) is 0. The quantitative estimate of drug-likeness (QED) is 0.679. The minimum Gasteiger partial charge on any atom is -0.506 e. The summed E-state index contributed by atoms with van der Waals surface area (Å²) in [6, 6.07) is 10.1. The number of hydrogen-bond donors (Lipinski definition) is 1. The van der Waals surface area contributed by atoms with Gasteiger partial charge in [-0.15, -0.1) is 0 Å². The first-order chi connectivity index (χ1) is 8.68. The summed E-state index contributed by atoms with van der Waals surface area (Å²) in [5, 5.41) is 9.82. The molecule has 0 aliphatic heterocycles. The number of halogens is 1. The Hall–Kier alpha value is -2.13. The second-order valence-corrected chi connectivity index (χ2v) is 4.00. The summed E-state index contributed by atoms with van der Waals surface area (Å²) >= 11 is 5.74. The lowest BCUT2D eigenvalue weighted by Crippen LogP contribution is -1.95. The number of allylic oxidation sites excluding steroid dienone is 1. The Morgan fingerprint density at radius 2 is 2.06 bits per heavy atom. The minimum atomic E-state index is -0.319. The summed E-state index contributed by atoms with van der Waals surface area (Å²) in [5.74, 6) is -0.518. The van der Waals surface area contributed by atoms with Crippen molar-refractivity contribution in [2.75, 3.05) is 0 Å². The molecule has 0 spiro atoms. The van der Waals surface area contributed by atoms with Crippen LogP contribution in [0.25, 0.3) is 6.08 Å². The number of aromatic nitrogens is 1. The number of phenols is 1. The number of benzene rings is 1. The molecule has 1 heterocycles. The number of carbonyl (C=O) groups is 1. The van der Waals surface area contributed by atoms with Crippen LogP contribution in [0.2, 0.25) is 5.02 Å². The Morgan fingerprint density at radius 1 is 1.22 bits per heavy atom. The zero-order valence-corrected chi connectivity index (χ0v) is 10.1. The summed E-state index contributed by atoms with van der Waals surface area (Å²) in [5.41, 5.74) is 0.849. The van der Waals surface area contributed by atoms with Gasteiger partial charge in [0.1, 0.15) is 5.75 Å². The van der Waals surface area contributed by atoms with Crippen molar-refractivity contribution in [1.29, 1.82) is 0 Å². The molecule has 1 aromatic heterocycles. The molecule has 18 heavy (non-hydrogen) atoms. The van der Waals surface area contributed by atoms with E-state index in [4.69, 9.17) is 11.6 Å². The SMILES string of the molecule is O=C(C=Cc1ccccn1)c1cccc(Cl)c1O. The fourth-order valence-corrected chi connectivity index (χ4v) is 1.61. The second-order valence-electron chi connectivity index (χ2n) is 3.59. The monoisotopic (exact) mass is 259 g/mol. The Kier molecular flexibility index (Phi) is 3.75. The number of nitrogens with zero attached hydrogens (tertiary/aromatic N) is 1. The van der Waals surface area contributed by atoms with Gasteiger partial charge in [0.15, 0.2) is 5.78 Å². The minimum absolute atomic E-state index is 0.159. The van der Waals surface area contributed by atoms with Crippen molar-refractivity contribution >= 4 is 23.5 Å². The average molecular weight is 260 g/mol. The zero-order valence-electron chi connectivity index (χ0n) is 9.38. The molecular formula is C14H10ClNO2. The molecule has 1 aromatic carbocycles. The maximum absolute atomic E-state index is 11.9. The third-order valence-corrected chi connectivity index (χ3v) is 2.65. The van der Waals surface area contributed by atoms with Crippen LogP contribution in [0.1, 0.15) is 16.1 Å². The van der Waals surface area contributed by atoms with E-state index in [0.717, 1.165) is 0 Å². The van der Waals surface area contributed by atoms with Gasteiger partial charge < -0.3 is 5.11 Å². The maximum Gasteiger partial charge on any atom is 0.189 e. The molecule has 0 amide bonds. The molecule has 2 rings (SSSR count). The van der Waals surface area contributed by atoms with Crippen LogP contribution >= 0.6 is 11.6 Å². The number of carbonyl (C=O) groups excluding carboxylic acids is 1. The molecule has 3 nitrogen and oxygen atoms in total. The lowest BCUT2D eigenvalue weighted by atomic mass is 10.1. The van der Waals surface area contributed by atoms with Gasteiger partial charge in [-0.1, -0.05) is 23.7 Å². The number of para-hydroxylation sites is 1. The predicted octanol–water partition coefficient (Wildman–Crippen LogP) is 3.34. The highest BCUT2D eigenvalue weighted by Gasteiger charge is 2.10. The molecule has 0 radical (unpaired) electrons. The van der Waals surface area contributed by atoms with E-state index in [9.17, 15) is 9.90 Å².